The highest BCUT2D eigenvalue weighted by Crippen LogP contribution is 2.29. The largest absolute Gasteiger partial charge is 0.480 e. The number of aromatic nitrogens is 2. The van der Waals surface area contributed by atoms with Crippen LogP contribution in [0, 0.1) is 13.8 Å². The first-order valence-electron chi connectivity index (χ1n) is 6.06. The van der Waals surface area contributed by atoms with Crippen LogP contribution < -0.4 is 0 Å². The summed E-state index contributed by atoms with van der Waals surface area (Å²) >= 11 is 1.48. The van der Waals surface area contributed by atoms with Gasteiger partial charge in [-0.1, -0.05) is 0 Å². The van der Waals surface area contributed by atoms with Gasteiger partial charge in [-0.3, -0.25) is 9.48 Å². The summed E-state index contributed by atoms with van der Waals surface area (Å²) in [5.41, 5.74) is 1.75. The van der Waals surface area contributed by atoms with Gasteiger partial charge in [0.05, 0.1) is 11.1 Å². The van der Waals surface area contributed by atoms with E-state index >= 15 is 0 Å². The fraction of sp³-hybridized carbons (Fsp3) is 0.583. The monoisotopic (exact) mass is 283 g/mol. The van der Waals surface area contributed by atoms with Crippen LogP contribution in [0.25, 0.3) is 0 Å². The summed E-state index contributed by atoms with van der Waals surface area (Å²) < 4.78 is 1.62. The zero-order valence-electron chi connectivity index (χ0n) is 11.2. The smallest absolute Gasteiger partial charge is 0.327 e. The Balaban J connectivity index is 2.14. The zero-order chi connectivity index (χ0) is 14.2. The molecule has 0 aromatic carbocycles. The number of amides is 1. The number of carbonyl (C=O) groups is 2. The van der Waals surface area contributed by atoms with E-state index in [0.29, 0.717) is 5.75 Å². The zero-order valence-corrected chi connectivity index (χ0v) is 12.0. The van der Waals surface area contributed by atoms with Gasteiger partial charge >= 0.3 is 5.97 Å². The molecule has 2 unspecified atom stereocenters. The number of aliphatic carboxylic acids is 1. The van der Waals surface area contributed by atoms with Crippen molar-refractivity contribution < 1.29 is 14.7 Å². The van der Waals surface area contributed by atoms with Crippen molar-refractivity contribution in [2.45, 2.75) is 38.7 Å². The van der Waals surface area contributed by atoms with Gasteiger partial charge < -0.3 is 10.0 Å². The molecule has 104 valence electrons. The molecule has 2 rings (SSSR count). The van der Waals surface area contributed by atoms with E-state index in [1.54, 1.807) is 4.68 Å². The first kappa shape index (κ1) is 13.9. The van der Waals surface area contributed by atoms with Crippen LogP contribution in [0.1, 0.15) is 18.3 Å². The number of thioether (sulfide) groups is 1. The first-order chi connectivity index (χ1) is 8.90. The molecule has 19 heavy (non-hydrogen) atoms. The van der Waals surface area contributed by atoms with Crippen LogP contribution in [0.3, 0.4) is 0 Å². The number of carbonyl (C=O) groups excluding carboxylic acids is 1. The number of carboxylic acids is 1. The Morgan fingerprint density at radius 3 is 2.74 bits per heavy atom. The molecule has 1 aromatic rings. The third-order valence-corrected chi connectivity index (χ3v) is 4.40. The van der Waals surface area contributed by atoms with E-state index in [4.69, 9.17) is 5.11 Å². The van der Waals surface area contributed by atoms with E-state index in [2.05, 4.69) is 5.10 Å². The number of aryl methyl sites for hydroxylation is 2. The highest BCUT2D eigenvalue weighted by molar-refractivity contribution is 8.00. The molecule has 1 N–H and O–H groups in total. The Labute approximate surface area is 115 Å². The van der Waals surface area contributed by atoms with Crippen LogP contribution in [-0.2, 0) is 16.1 Å². The van der Waals surface area contributed by atoms with Crippen LogP contribution in [0.4, 0.5) is 0 Å². The molecular formula is C12H17N3O3S. The lowest BCUT2D eigenvalue weighted by atomic mass is 10.2. The molecule has 0 spiro atoms. The molecule has 1 aliphatic heterocycles. The van der Waals surface area contributed by atoms with E-state index < -0.39 is 12.0 Å². The molecular weight excluding hydrogens is 266 g/mol. The lowest BCUT2D eigenvalue weighted by molar-refractivity contribution is -0.149. The van der Waals surface area contributed by atoms with Crippen molar-refractivity contribution in [1.82, 2.24) is 14.7 Å². The summed E-state index contributed by atoms with van der Waals surface area (Å²) in [7, 11) is 0. The molecule has 2 heterocycles. The minimum Gasteiger partial charge on any atom is -0.480 e. The molecule has 1 aromatic heterocycles. The molecule has 7 heteroatoms. The quantitative estimate of drug-likeness (QED) is 0.891. The Bertz CT molecular complexity index is 514. The van der Waals surface area contributed by atoms with E-state index in [0.717, 1.165) is 11.4 Å². The second-order valence-electron chi connectivity index (χ2n) is 4.67. The van der Waals surface area contributed by atoms with Crippen molar-refractivity contribution in [2.75, 3.05) is 5.75 Å². The van der Waals surface area contributed by atoms with Gasteiger partial charge in [-0.25, -0.2) is 4.79 Å². The summed E-state index contributed by atoms with van der Waals surface area (Å²) in [5.74, 6) is -0.700. The van der Waals surface area contributed by atoms with Gasteiger partial charge in [-0.15, -0.1) is 11.8 Å². The number of hydrogen-bond donors (Lipinski definition) is 1. The van der Waals surface area contributed by atoms with Crippen molar-refractivity contribution in [3.63, 3.8) is 0 Å². The molecule has 0 bridgehead atoms. The highest BCUT2D eigenvalue weighted by Gasteiger charge is 2.39. The highest BCUT2D eigenvalue weighted by atomic mass is 32.2. The molecule has 0 saturated carbocycles. The molecule has 6 nitrogen and oxygen atoms in total. The first-order valence-corrected chi connectivity index (χ1v) is 7.11. The topological polar surface area (TPSA) is 75.4 Å². The Kier molecular flexibility index (Phi) is 3.84. The van der Waals surface area contributed by atoms with Gasteiger partial charge in [0.2, 0.25) is 5.91 Å². The third-order valence-electron chi connectivity index (χ3n) is 3.18. The summed E-state index contributed by atoms with van der Waals surface area (Å²) in [6.07, 6.45) is 0. The average molecular weight is 283 g/mol. The maximum atomic E-state index is 12.3. The molecule has 2 atom stereocenters. The summed E-state index contributed by atoms with van der Waals surface area (Å²) in [4.78, 5) is 24.9. The van der Waals surface area contributed by atoms with Gasteiger partial charge in [0.25, 0.3) is 0 Å². The molecule has 1 amide bonds. The standard InChI is InChI=1S/C12H17N3O3S/c1-7-4-8(2)14(13-7)5-11(16)15-9(3)19-6-10(15)12(17)18/h4,9-10H,5-6H2,1-3H3,(H,17,18). The second kappa shape index (κ2) is 5.24. The van der Waals surface area contributed by atoms with Gasteiger partial charge in [-0.2, -0.15) is 5.10 Å². The van der Waals surface area contributed by atoms with E-state index in [9.17, 15) is 9.59 Å². The number of nitrogens with zero attached hydrogens (tertiary/aromatic N) is 3. The third kappa shape index (κ3) is 2.75. The second-order valence-corrected chi connectivity index (χ2v) is 6.02. The molecule has 0 radical (unpaired) electrons. The predicted octanol–water partition coefficient (Wildman–Crippen LogP) is 0.875. The average Bonchev–Trinajstić information content (AvgIpc) is 2.82. The number of hydrogen-bond acceptors (Lipinski definition) is 4. The summed E-state index contributed by atoms with van der Waals surface area (Å²) in [6.45, 7) is 5.69. The van der Waals surface area contributed by atoms with Crippen LogP contribution in [0.2, 0.25) is 0 Å². The SMILES string of the molecule is Cc1cc(C)n(CC(=O)N2C(C)SCC2C(=O)O)n1. The van der Waals surface area contributed by atoms with Crippen LogP contribution >= 0.6 is 11.8 Å². The van der Waals surface area contributed by atoms with Gasteiger partial charge in [-0.05, 0) is 26.8 Å². The van der Waals surface area contributed by atoms with Crippen molar-refractivity contribution in [3.8, 4) is 0 Å². The van der Waals surface area contributed by atoms with Crippen molar-refractivity contribution in [3.05, 3.63) is 17.5 Å². The van der Waals surface area contributed by atoms with Crippen molar-refractivity contribution >= 4 is 23.6 Å². The summed E-state index contributed by atoms with van der Waals surface area (Å²) in [5, 5.41) is 13.3. The Hall–Kier alpha value is -1.50. The minimum atomic E-state index is -0.946. The Morgan fingerprint density at radius 1 is 1.53 bits per heavy atom. The van der Waals surface area contributed by atoms with Crippen molar-refractivity contribution in [1.29, 1.82) is 0 Å². The molecule has 1 aliphatic rings. The predicted molar refractivity (Wildman–Crippen MR) is 71.9 cm³/mol. The fourth-order valence-electron chi connectivity index (χ4n) is 2.26. The number of carboxylic acid groups (broad SMARTS) is 1. The van der Waals surface area contributed by atoms with Crippen molar-refractivity contribution in [2.24, 2.45) is 0 Å². The van der Waals surface area contributed by atoms with Crippen LogP contribution in [0.15, 0.2) is 6.07 Å². The van der Waals surface area contributed by atoms with E-state index in [1.165, 1.54) is 16.7 Å². The lowest BCUT2D eigenvalue weighted by Gasteiger charge is -2.25. The van der Waals surface area contributed by atoms with Gasteiger partial charge in [0, 0.05) is 11.4 Å². The minimum absolute atomic E-state index is 0.0916. The number of rotatable bonds is 3. The lowest BCUT2D eigenvalue weighted by Crippen LogP contribution is -2.46. The Morgan fingerprint density at radius 2 is 2.21 bits per heavy atom. The molecule has 0 aliphatic carbocycles. The molecule has 1 saturated heterocycles. The van der Waals surface area contributed by atoms with Crippen LogP contribution in [-0.4, -0.2) is 48.8 Å². The van der Waals surface area contributed by atoms with Gasteiger partial charge in [0.1, 0.15) is 12.6 Å². The normalized spacial score (nSPS) is 22.8. The summed E-state index contributed by atoms with van der Waals surface area (Å²) in [6, 6.07) is 1.16. The molecule has 1 fully saturated rings. The van der Waals surface area contributed by atoms with Gasteiger partial charge in [0.15, 0.2) is 0 Å². The maximum absolute atomic E-state index is 12.3. The maximum Gasteiger partial charge on any atom is 0.327 e. The van der Waals surface area contributed by atoms with Crippen LogP contribution in [0.5, 0.6) is 0 Å². The van der Waals surface area contributed by atoms with E-state index in [-0.39, 0.29) is 17.8 Å². The fourth-order valence-corrected chi connectivity index (χ4v) is 3.45. The van der Waals surface area contributed by atoms with E-state index in [1.807, 2.05) is 26.8 Å².